The largest absolute Gasteiger partial charge is 0.352 e. The zero-order chi connectivity index (χ0) is 18.5. The van der Waals surface area contributed by atoms with E-state index in [9.17, 15) is 9.59 Å². The predicted molar refractivity (Wildman–Crippen MR) is 96.7 cm³/mol. The third kappa shape index (κ3) is 4.08. The van der Waals surface area contributed by atoms with E-state index >= 15 is 0 Å². The third-order valence-electron chi connectivity index (χ3n) is 4.21. The van der Waals surface area contributed by atoms with E-state index < -0.39 is 0 Å². The lowest BCUT2D eigenvalue weighted by atomic mass is 10.2. The third-order valence-corrected chi connectivity index (χ3v) is 4.21. The molecule has 2 heterocycles. The number of hydrogen-bond donors (Lipinski definition) is 1. The summed E-state index contributed by atoms with van der Waals surface area (Å²) < 4.78 is 4.68. The number of carbonyl (C=O) groups excluding carboxylic acids is 1. The molecule has 8 nitrogen and oxygen atoms in total. The zero-order valence-electron chi connectivity index (χ0n) is 14.9. The van der Waals surface area contributed by atoms with Crippen LogP contribution in [0.4, 0.5) is 0 Å². The molecule has 0 fully saturated rings. The van der Waals surface area contributed by atoms with Crippen molar-refractivity contribution in [2.75, 3.05) is 6.54 Å². The predicted octanol–water partition coefficient (Wildman–Crippen LogP) is 0.975. The van der Waals surface area contributed by atoms with Crippen molar-refractivity contribution in [3.63, 3.8) is 0 Å². The molecular weight excluding hydrogens is 332 g/mol. The van der Waals surface area contributed by atoms with Gasteiger partial charge in [0.1, 0.15) is 12.4 Å². The first-order valence-corrected chi connectivity index (χ1v) is 8.47. The Morgan fingerprint density at radius 1 is 1.27 bits per heavy atom. The highest BCUT2D eigenvalue weighted by Gasteiger charge is 2.14. The highest BCUT2D eigenvalue weighted by Crippen LogP contribution is 2.03. The molecule has 0 unspecified atom stereocenters. The lowest BCUT2D eigenvalue weighted by molar-refractivity contribution is -0.122. The first kappa shape index (κ1) is 17.7. The molecule has 0 radical (unpaired) electrons. The summed E-state index contributed by atoms with van der Waals surface area (Å²) in [5, 5.41) is 7.04. The topological polar surface area (TPSA) is 86.7 Å². The van der Waals surface area contributed by atoms with Crippen molar-refractivity contribution in [2.45, 2.75) is 33.0 Å². The molecule has 0 saturated carbocycles. The lowest BCUT2D eigenvalue weighted by Gasteiger charge is -2.13. The van der Waals surface area contributed by atoms with Crippen molar-refractivity contribution in [3.8, 4) is 0 Å². The van der Waals surface area contributed by atoms with E-state index in [1.165, 1.54) is 4.68 Å². The van der Waals surface area contributed by atoms with E-state index in [4.69, 9.17) is 0 Å². The minimum Gasteiger partial charge on any atom is -0.352 e. The van der Waals surface area contributed by atoms with Crippen LogP contribution in [0.5, 0.6) is 0 Å². The summed E-state index contributed by atoms with van der Waals surface area (Å²) in [6.07, 6.45) is 5.24. The van der Waals surface area contributed by atoms with Gasteiger partial charge in [-0.25, -0.2) is 14.5 Å². The van der Waals surface area contributed by atoms with E-state index in [2.05, 4.69) is 15.4 Å². The van der Waals surface area contributed by atoms with Gasteiger partial charge in [0, 0.05) is 25.0 Å². The van der Waals surface area contributed by atoms with Crippen molar-refractivity contribution in [1.82, 2.24) is 29.2 Å². The van der Waals surface area contributed by atoms with E-state index in [0.717, 1.165) is 5.56 Å². The van der Waals surface area contributed by atoms with Crippen LogP contribution < -0.4 is 11.0 Å². The molecule has 3 rings (SSSR count). The Bertz CT molecular complexity index is 911. The maximum Gasteiger partial charge on any atom is 0.346 e. The SMILES string of the molecule is Cc1nn(CC(=O)NC[C@@H](C)n2ccnc2)c(=O)n1Cc1ccccc1. The van der Waals surface area contributed by atoms with Crippen LogP contribution in [-0.4, -0.2) is 36.4 Å². The molecule has 0 aliphatic rings. The Hall–Kier alpha value is -3.16. The van der Waals surface area contributed by atoms with Crippen LogP contribution in [-0.2, 0) is 17.9 Å². The van der Waals surface area contributed by atoms with Crippen molar-refractivity contribution >= 4 is 5.91 Å². The molecular formula is C18H22N6O2. The van der Waals surface area contributed by atoms with Gasteiger partial charge in [-0.1, -0.05) is 30.3 Å². The van der Waals surface area contributed by atoms with Crippen LogP contribution in [0.2, 0.25) is 0 Å². The normalized spacial score (nSPS) is 12.1. The molecule has 1 amide bonds. The second-order valence-corrected chi connectivity index (χ2v) is 6.22. The molecule has 0 aliphatic heterocycles. The Labute approximate surface area is 151 Å². The Morgan fingerprint density at radius 3 is 2.73 bits per heavy atom. The molecule has 136 valence electrons. The molecule has 0 bridgehead atoms. The Balaban J connectivity index is 1.62. The van der Waals surface area contributed by atoms with Gasteiger partial charge in [0.15, 0.2) is 0 Å². The fraction of sp³-hybridized carbons (Fsp3) is 0.333. The number of rotatable bonds is 7. The maximum absolute atomic E-state index is 12.5. The Kier molecular flexibility index (Phi) is 5.31. The average molecular weight is 354 g/mol. The van der Waals surface area contributed by atoms with E-state index in [0.29, 0.717) is 18.9 Å². The first-order valence-electron chi connectivity index (χ1n) is 8.47. The minimum absolute atomic E-state index is 0.0792. The van der Waals surface area contributed by atoms with Gasteiger partial charge in [0.2, 0.25) is 5.91 Å². The summed E-state index contributed by atoms with van der Waals surface area (Å²) in [5.41, 5.74) is 0.722. The second-order valence-electron chi connectivity index (χ2n) is 6.22. The number of hydrogen-bond acceptors (Lipinski definition) is 4. The van der Waals surface area contributed by atoms with Crippen molar-refractivity contribution < 1.29 is 4.79 Å². The monoisotopic (exact) mass is 354 g/mol. The van der Waals surface area contributed by atoms with Crippen LogP contribution in [0.15, 0.2) is 53.8 Å². The van der Waals surface area contributed by atoms with Crippen LogP contribution in [0.1, 0.15) is 24.4 Å². The number of aromatic nitrogens is 5. The quantitative estimate of drug-likeness (QED) is 0.685. The molecule has 1 atom stereocenters. The highest BCUT2D eigenvalue weighted by molar-refractivity contribution is 5.75. The van der Waals surface area contributed by atoms with Crippen LogP contribution in [0.3, 0.4) is 0 Å². The zero-order valence-corrected chi connectivity index (χ0v) is 14.9. The van der Waals surface area contributed by atoms with Gasteiger partial charge in [-0.05, 0) is 19.4 Å². The minimum atomic E-state index is -0.288. The molecule has 0 spiro atoms. The maximum atomic E-state index is 12.5. The number of aryl methyl sites for hydroxylation is 1. The van der Waals surface area contributed by atoms with Gasteiger partial charge >= 0.3 is 5.69 Å². The fourth-order valence-electron chi connectivity index (χ4n) is 2.69. The average Bonchev–Trinajstić information content (AvgIpc) is 3.26. The molecule has 3 aromatic rings. The van der Waals surface area contributed by atoms with Crippen molar-refractivity contribution in [2.24, 2.45) is 0 Å². The number of nitrogens with zero attached hydrogens (tertiary/aromatic N) is 5. The summed E-state index contributed by atoms with van der Waals surface area (Å²) >= 11 is 0. The van der Waals surface area contributed by atoms with Crippen LogP contribution in [0.25, 0.3) is 0 Å². The van der Waals surface area contributed by atoms with E-state index in [1.54, 1.807) is 24.0 Å². The molecule has 1 aromatic carbocycles. The van der Waals surface area contributed by atoms with Crippen LogP contribution in [0, 0.1) is 6.92 Å². The summed E-state index contributed by atoms with van der Waals surface area (Å²) in [6.45, 7) is 4.53. The number of carbonyl (C=O) groups is 1. The second kappa shape index (κ2) is 7.81. The number of benzene rings is 1. The standard InChI is InChI=1S/C18H22N6O2/c1-14(22-9-8-19-13-22)10-20-17(25)12-24-18(26)23(15(2)21-24)11-16-6-4-3-5-7-16/h3-9,13-14H,10-12H2,1-2H3,(H,20,25)/t14-/m1/s1. The smallest absolute Gasteiger partial charge is 0.346 e. The first-order chi connectivity index (χ1) is 12.5. The number of nitrogens with one attached hydrogen (secondary N) is 1. The molecule has 0 saturated heterocycles. The number of amides is 1. The highest BCUT2D eigenvalue weighted by atomic mass is 16.2. The van der Waals surface area contributed by atoms with Crippen molar-refractivity contribution in [1.29, 1.82) is 0 Å². The molecule has 2 aromatic heterocycles. The van der Waals surface area contributed by atoms with E-state index in [-0.39, 0.29) is 24.2 Å². The number of imidazole rings is 1. The Morgan fingerprint density at radius 2 is 2.04 bits per heavy atom. The molecule has 8 heteroatoms. The van der Waals surface area contributed by atoms with E-state index in [1.807, 2.05) is 48.0 Å². The summed E-state index contributed by atoms with van der Waals surface area (Å²) in [7, 11) is 0. The lowest BCUT2D eigenvalue weighted by Crippen LogP contribution is -2.36. The molecule has 26 heavy (non-hydrogen) atoms. The van der Waals surface area contributed by atoms with Gasteiger partial charge in [-0.2, -0.15) is 5.10 Å². The van der Waals surface area contributed by atoms with Gasteiger partial charge in [0.05, 0.1) is 12.9 Å². The summed E-state index contributed by atoms with van der Waals surface area (Å²) in [6, 6.07) is 9.76. The van der Waals surface area contributed by atoms with Gasteiger partial charge in [-0.15, -0.1) is 0 Å². The summed E-state index contributed by atoms with van der Waals surface area (Å²) in [5.74, 6) is 0.335. The van der Waals surface area contributed by atoms with Gasteiger partial charge < -0.3 is 9.88 Å². The molecule has 1 N–H and O–H groups in total. The fourth-order valence-corrected chi connectivity index (χ4v) is 2.69. The van der Waals surface area contributed by atoms with Gasteiger partial charge in [0.25, 0.3) is 0 Å². The summed E-state index contributed by atoms with van der Waals surface area (Å²) in [4.78, 5) is 28.7. The van der Waals surface area contributed by atoms with Crippen molar-refractivity contribution in [3.05, 3.63) is 70.9 Å². The van der Waals surface area contributed by atoms with Gasteiger partial charge in [-0.3, -0.25) is 9.36 Å². The molecule has 0 aliphatic carbocycles. The van der Waals surface area contributed by atoms with Crippen LogP contribution >= 0.6 is 0 Å².